The molecule has 1 rings (SSSR count). The summed E-state index contributed by atoms with van der Waals surface area (Å²) in [5.41, 5.74) is 0. The highest BCUT2D eigenvalue weighted by molar-refractivity contribution is 5.20. The van der Waals surface area contributed by atoms with Crippen LogP contribution in [0.25, 0.3) is 0 Å². The topological polar surface area (TPSA) is 21.3 Å². The molecule has 0 radical (unpaired) electrons. The Morgan fingerprint density at radius 2 is 1.94 bits per heavy atom. The molecule has 0 aliphatic carbocycles. The van der Waals surface area contributed by atoms with Crippen molar-refractivity contribution in [2.75, 3.05) is 20.2 Å². The van der Waals surface area contributed by atoms with Crippen LogP contribution >= 0.6 is 0 Å². The summed E-state index contributed by atoms with van der Waals surface area (Å²) < 4.78 is 5.65. The fourth-order valence-electron chi connectivity index (χ4n) is 1.67. The van der Waals surface area contributed by atoms with E-state index in [0.29, 0.717) is 0 Å². The van der Waals surface area contributed by atoms with Crippen LogP contribution in [0.15, 0.2) is 30.3 Å². The van der Waals surface area contributed by atoms with Gasteiger partial charge in [0.1, 0.15) is 5.75 Å². The molecule has 90 valence electrons. The van der Waals surface area contributed by atoms with Crippen molar-refractivity contribution >= 4 is 0 Å². The zero-order chi connectivity index (χ0) is 11.6. The molecule has 0 spiro atoms. The maximum atomic E-state index is 5.65. The molecule has 0 aromatic heterocycles. The molecule has 0 bridgehead atoms. The third-order valence-electron chi connectivity index (χ3n) is 2.74. The minimum absolute atomic E-state index is 0.784. The lowest BCUT2D eigenvalue weighted by molar-refractivity contribution is 0.292. The zero-order valence-corrected chi connectivity index (χ0v) is 10.4. The first-order valence-electron chi connectivity index (χ1n) is 6.15. The van der Waals surface area contributed by atoms with Gasteiger partial charge in [0.15, 0.2) is 0 Å². The first kappa shape index (κ1) is 13.0. The maximum absolute atomic E-state index is 5.65. The van der Waals surface area contributed by atoms with Gasteiger partial charge in [0.05, 0.1) is 6.61 Å². The summed E-state index contributed by atoms with van der Waals surface area (Å²) in [4.78, 5) is 0. The SMILES string of the molecule is CNCCC(C)CCCOc1ccccc1. The molecule has 0 saturated heterocycles. The number of hydrogen-bond donors (Lipinski definition) is 1. The average molecular weight is 221 g/mol. The Morgan fingerprint density at radius 1 is 1.19 bits per heavy atom. The Balaban J connectivity index is 2.03. The van der Waals surface area contributed by atoms with E-state index in [4.69, 9.17) is 4.74 Å². The predicted octanol–water partition coefficient (Wildman–Crippen LogP) is 3.09. The highest BCUT2D eigenvalue weighted by Crippen LogP contribution is 2.12. The molecule has 16 heavy (non-hydrogen) atoms. The van der Waals surface area contributed by atoms with Gasteiger partial charge in [0.25, 0.3) is 0 Å². The lowest BCUT2D eigenvalue weighted by Crippen LogP contribution is -2.12. The summed E-state index contributed by atoms with van der Waals surface area (Å²) in [6.45, 7) is 4.24. The molecule has 1 aromatic carbocycles. The Bertz CT molecular complexity index is 261. The second kappa shape index (κ2) is 8.17. The minimum Gasteiger partial charge on any atom is -0.494 e. The quantitative estimate of drug-likeness (QED) is 0.681. The molecular formula is C14H23NO. The number of benzene rings is 1. The van der Waals surface area contributed by atoms with Gasteiger partial charge >= 0.3 is 0 Å². The van der Waals surface area contributed by atoms with Crippen LogP contribution in [0.2, 0.25) is 0 Å². The fraction of sp³-hybridized carbons (Fsp3) is 0.571. The van der Waals surface area contributed by atoms with E-state index in [2.05, 4.69) is 12.2 Å². The van der Waals surface area contributed by atoms with E-state index < -0.39 is 0 Å². The van der Waals surface area contributed by atoms with E-state index in [1.165, 1.54) is 12.8 Å². The minimum atomic E-state index is 0.784. The Labute approximate surface area is 99.0 Å². The zero-order valence-electron chi connectivity index (χ0n) is 10.4. The van der Waals surface area contributed by atoms with E-state index in [1.807, 2.05) is 37.4 Å². The van der Waals surface area contributed by atoms with Crippen LogP contribution in [0.4, 0.5) is 0 Å². The highest BCUT2D eigenvalue weighted by Gasteiger charge is 2.01. The van der Waals surface area contributed by atoms with Gasteiger partial charge in [-0.25, -0.2) is 0 Å². The Hall–Kier alpha value is -1.02. The molecule has 2 heteroatoms. The molecule has 0 amide bonds. The van der Waals surface area contributed by atoms with E-state index in [-0.39, 0.29) is 0 Å². The molecule has 2 nitrogen and oxygen atoms in total. The number of ether oxygens (including phenoxy) is 1. The van der Waals surface area contributed by atoms with Crippen molar-refractivity contribution in [3.63, 3.8) is 0 Å². The van der Waals surface area contributed by atoms with Crippen molar-refractivity contribution in [3.05, 3.63) is 30.3 Å². The predicted molar refractivity (Wildman–Crippen MR) is 68.9 cm³/mol. The van der Waals surface area contributed by atoms with Crippen molar-refractivity contribution in [2.24, 2.45) is 5.92 Å². The number of nitrogens with one attached hydrogen (secondary N) is 1. The van der Waals surface area contributed by atoms with Crippen molar-refractivity contribution in [1.82, 2.24) is 5.32 Å². The third kappa shape index (κ3) is 5.76. The van der Waals surface area contributed by atoms with Crippen LogP contribution in [0.3, 0.4) is 0 Å². The lowest BCUT2D eigenvalue weighted by Gasteiger charge is -2.11. The van der Waals surface area contributed by atoms with E-state index >= 15 is 0 Å². The summed E-state index contributed by atoms with van der Waals surface area (Å²) in [5.74, 6) is 1.76. The number of rotatable bonds is 8. The van der Waals surface area contributed by atoms with Crippen molar-refractivity contribution in [3.8, 4) is 5.75 Å². The van der Waals surface area contributed by atoms with Crippen LogP contribution in [0.5, 0.6) is 5.75 Å². The number of hydrogen-bond acceptors (Lipinski definition) is 2. The number of para-hydroxylation sites is 1. The van der Waals surface area contributed by atoms with Crippen LogP contribution in [-0.4, -0.2) is 20.2 Å². The van der Waals surface area contributed by atoms with Gasteiger partial charge < -0.3 is 10.1 Å². The smallest absolute Gasteiger partial charge is 0.119 e. The van der Waals surface area contributed by atoms with Crippen LogP contribution in [0, 0.1) is 5.92 Å². The second-order valence-corrected chi connectivity index (χ2v) is 4.30. The molecule has 1 atom stereocenters. The van der Waals surface area contributed by atoms with Gasteiger partial charge in [-0.05, 0) is 50.9 Å². The van der Waals surface area contributed by atoms with Gasteiger partial charge in [-0.15, -0.1) is 0 Å². The van der Waals surface area contributed by atoms with Gasteiger partial charge in [0, 0.05) is 0 Å². The Morgan fingerprint density at radius 3 is 2.62 bits per heavy atom. The van der Waals surface area contributed by atoms with Gasteiger partial charge in [-0.2, -0.15) is 0 Å². The molecule has 0 fully saturated rings. The monoisotopic (exact) mass is 221 g/mol. The summed E-state index contributed by atoms with van der Waals surface area (Å²) >= 11 is 0. The summed E-state index contributed by atoms with van der Waals surface area (Å²) in [5, 5.41) is 3.18. The summed E-state index contributed by atoms with van der Waals surface area (Å²) in [6.07, 6.45) is 3.64. The maximum Gasteiger partial charge on any atom is 0.119 e. The molecule has 1 unspecified atom stereocenters. The average Bonchev–Trinajstić information content (AvgIpc) is 2.33. The lowest BCUT2D eigenvalue weighted by atomic mass is 10.0. The molecule has 1 N–H and O–H groups in total. The molecule has 0 aliphatic rings. The van der Waals surface area contributed by atoms with Crippen LogP contribution < -0.4 is 10.1 Å². The van der Waals surface area contributed by atoms with Crippen molar-refractivity contribution in [2.45, 2.75) is 26.2 Å². The van der Waals surface area contributed by atoms with Crippen molar-refractivity contribution < 1.29 is 4.74 Å². The molecule has 1 aromatic rings. The molecule has 0 heterocycles. The highest BCUT2D eigenvalue weighted by atomic mass is 16.5. The normalized spacial score (nSPS) is 12.4. The first-order chi connectivity index (χ1) is 7.83. The summed E-state index contributed by atoms with van der Waals surface area (Å²) in [7, 11) is 2.01. The standard InChI is InChI=1S/C14H23NO/c1-13(10-11-15-2)7-6-12-16-14-8-4-3-5-9-14/h3-5,8-9,13,15H,6-7,10-12H2,1-2H3. The first-order valence-corrected chi connectivity index (χ1v) is 6.15. The van der Waals surface area contributed by atoms with Gasteiger partial charge in [-0.1, -0.05) is 25.1 Å². The molecular weight excluding hydrogens is 198 g/mol. The van der Waals surface area contributed by atoms with Crippen LogP contribution in [-0.2, 0) is 0 Å². The largest absolute Gasteiger partial charge is 0.494 e. The fourth-order valence-corrected chi connectivity index (χ4v) is 1.67. The van der Waals surface area contributed by atoms with Gasteiger partial charge in [-0.3, -0.25) is 0 Å². The van der Waals surface area contributed by atoms with Crippen molar-refractivity contribution in [1.29, 1.82) is 0 Å². The van der Waals surface area contributed by atoms with E-state index in [1.54, 1.807) is 0 Å². The van der Waals surface area contributed by atoms with E-state index in [9.17, 15) is 0 Å². The Kier molecular flexibility index (Phi) is 6.66. The van der Waals surface area contributed by atoms with Crippen LogP contribution in [0.1, 0.15) is 26.2 Å². The third-order valence-corrected chi connectivity index (χ3v) is 2.74. The molecule has 0 saturated carbocycles. The summed E-state index contributed by atoms with van der Waals surface area (Å²) in [6, 6.07) is 10.0. The second-order valence-electron chi connectivity index (χ2n) is 4.30. The molecule has 0 aliphatic heterocycles. The van der Waals surface area contributed by atoms with E-state index in [0.717, 1.165) is 31.2 Å². The van der Waals surface area contributed by atoms with Gasteiger partial charge in [0.2, 0.25) is 0 Å².